The molecule has 1 aromatic rings. The van der Waals surface area contributed by atoms with Gasteiger partial charge in [-0.3, -0.25) is 0 Å². The highest BCUT2D eigenvalue weighted by Gasteiger charge is 2.60. The fourth-order valence-electron chi connectivity index (χ4n) is 1.40. The lowest BCUT2D eigenvalue weighted by molar-refractivity contribution is -0.255. The van der Waals surface area contributed by atoms with Crippen molar-refractivity contribution in [3.8, 4) is 5.75 Å². The van der Waals surface area contributed by atoms with Gasteiger partial charge in [-0.2, -0.15) is 35.1 Å². The first-order chi connectivity index (χ1) is 8.80. The highest BCUT2D eigenvalue weighted by atomic mass is 19.4. The Morgan fingerprint density at radius 1 is 0.650 bits per heavy atom. The topological polar surface area (TPSA) is 20.2 Å². The molecule has 0 aromatic heterocycles. The Bertz CT molecular complexity index is 486. The predicted octanol–water partition coefficient (Wildman–Crippen LogP) is 4.16. The van der Waals surface area contributed by atoms with Crippen molar-refractivity contribution in [2.75, 3.05) is 0 Å². The Labute approximate surface area is 103 Å². The minimum absolute atomic E-state index is 2.35. The van der Waals surface area contributed by atoms with Crippen molar-refractivity contribution in [3.63, 3.8) is 0 Å². The zero-order valence-corrected chi connectivity index (χ0v) is 8.80. The molecule has 0 amide bonds. The lowest BCUT2D eigenvalue weighted by Gasteiger charge is -2.24. The molecule has 0 unspecified atom stereocenters. The van der Waals surface area contributed by atoms with Crippen LogP contribution in [0.3, 0.4) is 0 Å². The Hall–Kier alpha value is -1.68. The zero-order chi connectivity index (χ0) is 16.0. The Morgan fingerprint density at radius 3 is 1.20 bits per heavy atom. The van der Waals surface area contributed by atoms with Gasteiger partial charge in [-0.15, -0.1) is 0 Å². The molecule has 0 bridgehead atoms. The molecule has 1 N–H and O–H groups in total. The van der Waals surface area contributed by atoms with E-state index in [0.29, 0.717) is 0 Å². The zero-order valence-electron chi connectivity index (χ0n) is 8.80. The van der Waals surface area contributed by atoms with Gasteiger partial charge in [0.1, 0.15) is 0 Å². The quantitative estimate of drug-likeness (QED) is 0.609. The average Bonchev–Trinajstić information content (AvgIpc) is 2.26. The van der Waals surface area contributed by atoms with E-state index in [1.54, 1.807) is 0 Å². The molecule has 0 saturated heterocycles. The van der Waals surface area contributed by atoms with Gasteiger partial charge in [0, 0.05) is 0 Å². The van der Waals surface area contributed by atoms with Crippen molar-refractivity contribution in [1.29, 1.82) is 0 Å². The summed E-state index contributed by atoms with van der Waals surface area (Å²) in [5.41, 5.74) is -2.90. The second kappa shape index (κ2) is 4.70. The summed E-state index contributed by atoms with van der Waals surface area (Å²) in [4.78, 5) is 0. The summed E-state index contributed by atoms with van der Waals surface area (Å²) in [5.74, 6) is -18.6. The molecule has 0 aliphatic rings. The number of benzene rings is 1. The van der Waals surface area contributed by atoms with Crippen molar-refractivity contribution in [1.82, 2.24) is 0 Å². The smallest absolute Gasteiger partial charge is 0.404 e. The van der Waals surface area contributed by atoms with E-state index in [1.165, 1.54) is 0 Å². The van der Waals surface area contributed by atoms with Crippen LogP contribution in [0.2, 0.25) is 0 Å². The first-order valence-corrected chi connectivity index (χ1v) is 4.48. The number of alkyl halides is 6. The van der Waals surface area contributed by atoms with Gasteiger partial charge in [0.25, 0.3) is 0 Å². The highest BCUT2D eigenvalue weighted by Crippen LogP contribution is 2.49. The van der Waals surface area contributed by atoms with Crippen molar-refractivity contribution in [2.45, 2.75) is 18.3 Å². The lowest BCUT2D eigenvalue weighted by atomic mass is 9.95. The molecule has 0 aliphatic heterocycles. The molecule has 1 nitrogen and oxygen atoms in total. The van der Waals surface area contributed by atoms with Gasteiger partial charge in [-0.1, -0.05) is 0 Å². The third-order valence-electron chi connectivity index (χ3n) is 2.22. The fraction of sp³-hybridized carbons (Fsp3) is 0.333. The second-order valence-electron chi connectivity index (χ2n) is 3.53. The molecule has 1 aromatic carbocycles. The van der Waals surface area contributed by atoms with Crippen LogP contribution in [0, 0.1) is 23.3 Å². The van der Waals surface area contributed by atoms with Crippen LogP contribution in [0.4, 0.5) is 43.9 Å². The molecule has 0 radical (unpaired) electrons. The summed E-state index contributed by atoms with van der Waals surface area (Å²) in [6.07, 6.45) is -12.5. The molecule has 114 valence electrons. The molecular formula is C9H2F10O. The normalized spacial score (nSPS) is 13.2. The molecule has 0 heterocycles. The van der Waals surface area contributed by atoms with E-state index in [1.807, 2.05) is 0 Å². The van der Waals surface area contributed by atoms with Crippen molar-refractivity contribution < 1.29 is 49.0 Å². The molecule has 0 aliphatic carbocycles. The van der Waals surface area contributed by atoms with Crippen molar-refractivity contribution >= 4 is 0 Å². The number of hydrogen-bond acceptors (Lipinski definition) is 1. The molecule has 0 spiro atoms. The number of aromatic hydroxyl groups is 1. The lowest BCUT2D eigenvalue weighted by Crippen LogP contribution is -2.36. The van der Waals surface area contributed by atoms with Crippen molar-refractivity contribution in [2.24, 2.45) is 0 Å². The van der Waals surface area contributed by atoms with Gasteiger partial charge in [-0.05, 0) is 0 Å². The van der Waals surface area contributed by atoms with E-state index in [4.69, 9.17) is 5.11 Å². The third kappa shape index (κ3) is 2.61. The van der Waals surface area contributed by atoms with E-state index in [0.717, 1.165) is 0 Å². The number of phenols is 1. The predicted molar refractivity (Wildman–Crippen MR) is 42.8 cm³/mol. The monoisotopic (exact) mass is 316 g/mol. The summed E-state index contributed by atoms with van der Waals surface area (Å²) in [6.45, 7) is 0. The first kappa shape index (κ1) is 16.4. The number of rotatable bonds is 1. The standard InChI is InChI=1S/C9H2F10O/c10-2-1(3(11)5(13)6(20)4(2)12)7(8(14,15)16)9(17,18)19/h7,20H. The van der Waals surface area contributed by atoms with Gasteiger partial charge in [0.15, 0.2) is 23.3 Å². The van der Waals surface area contributed by atoms with Gasteiger partial charge in [0.05, 0.1) is 5.56 Å². The molecule has 0 fully saturated rings. The average molecular weight is 316 g/mol. The Morgan fingerprint density at radius 2 is 0.950 bits per heavy atom. The van der Waals surface area contributed by atoms with Gasteiger partial charge in [-0.25, -0.2) is 8.78 Å². The molecule has 11 heteroatoms. The largest absolute Gasteiger partial charge is 0.503 e. The van der Waals surface area contributed by atoms with E-state index in [9.17, 15) is 43.9 Å². The van der Waals surface area contributed by atoms with E-state index < -0.39 is 52.9 Å². The molecule has 0 saturated carbocycles. The van der Waals surface area contributed by atoms with Crippen LogP contribution in [-0.2, 0) is 0 Å². The van der Waals surface area contributed by atoms with Gasteiger partial charge >= 0.3 is 12.4 Å². The number of phenolic OH excluding ortho intramolecular Hbond substituents is 1. The Balaban J connectivity index is 3.76. The number of halogens is 10. The summed E-state index contributed by atoms with van der Waals surface area (Å²) in [6, 6.07) is 0. The SMILES string of the molecule is Oc1c(F)c(F)c(C(C(F)(F)F)C(F)(F)F)c(F)c1F. The van der Waals surface area contributed by atoms with Crippen LogP contribution < -0.4 is 0 Å². The van der Waals surface area contributed by atoms with Crippen LogP contribution in [0.15, 0.2) is 0 Å². The maximum Gasteiger partial charge on any atom is 0.404 e. The van der Waals surface area contributed by atoms with E-state index in [2.05, 4.69) is 0 Å². The minimum Gasteiger partial charge on any atom is -0.503 e. The summed E-state index contributed by atoms with van der Waals surface area (Å²) in [5, 5.41) is 8.49. The van der Waals surface area contributed by atoms with Crippen LogP contribution in [0.1, 0.15) is 11.5 Å². The van der Waals surface area contributed by atoms with E-state index >= 15 is 0 Å². The molecule has 1 rings (SSSR count). The Kier molecular flexibility index (Phi) is 3.85. The minimum atomic E-state index is -6.25. The van der Waals surface area contributed by atoms with Crippen LogP contribution in [-0.4, -0.2) is 17.5 Å². The highest BCUT2D eigenvalue weighted by molar-refractivity contribution is 5.36. The maximum absolute atomic E-state index is 13.1. The van der Waals surface area contributed by atoms with Crippen LogP contribution in [0.5, 0.6) is 5.75 Å². The molecule has 20 heavy (non-hydrogen) atoms. The molecule has 0 atom stereocenters. The first-order valence-electron chi connectivity index (χ1n) is 4.48. The summed E-state index contributed by atoms with van der Waals surface area (Å²) in [7, 11) is 0. The van der Waals surface area contributed by atoms with Crippen molar-refractivity contribution in [3.05, 3.63) is 28.8 Å². The summed E-state index contributed by atoms with van der Waals surface area (Å²) >= 11 is 0. The maximum atomic E-state index is 13.1. The fourth-order valence-corrected chi connectivity index (χ4v) is 1.40. The van der Waals surface area contributed by atoms with Crippen LogP contribution >= 0.6 is 0 Å². The van der Waals surface area contributed by atoms with Gasteiger partial charge < -0.3 is 5.11 Å². The van der Waals surface area contributed by atoms with E-state index in [-0.39, 0.29) is 0 Å². The van der Waals surface area contributed by atoms with Crippen LogP contribution in [0.25, 0.3) is 0 Å². The molecular weight excluding hydrogens is 314 g/mol. The summed E-state index contributed by atoms with van der Waals surface area (Å²) < 4.78 is 125. The third-order valence-corrected chi connectivity index (χ3v) is 2.22. The number of hydrogen-bond donors (Lipinski definition) is 1. The second-order valence-corrected chi connectivity index (χ2v) is 3.53. The van der Waals surface area contributed by atoms with Gasteiger partial charge in [0.2, 0.25) is 11.6 Å².